The molecule has 0 bridgehead atoms. The van der Waals surface area contributed by atoms with Gasteiger partial charge in [0.1, 0.15) is 10.4 Å². The van der Waals surface area contributed by atoms with Gasteiger partial charge < -0.3 is 9.30 Å². The predicted molar refractivity (Wildman–Crippen MR) is 120 cm³/mol. The summed E-state index contributed by atoms with van der Waals surface area (Å²) in [6, 6.07) is 18.1. The van der Waals surface area contributed by atoms with Gasteiger partial charge in [-0.3, -0.25) is 9.59 Å². The van der Waals surface area contributed by atoms with Crippen molar-refractivity contribution in [3.63, 3.8) is 0 Å². The molecule has 0 saturated carbocycles. The molecule has 30 heavy (non-hydrogen) atoms. The van der Waals surface area contributed by atoms with Gasteiger partial charge in [-0.05, 0) is 70.9 Å². The van der Waals surface area contributed by atoms with Crippen molar-refractivity contribution >= 4 is 32.6 Å². The van der Waals surface area contributed by atoms with Crippen LogP contribution in [0.5, 0.6) is 5.75 Å². The monoisotopic (exact) mass is 462 g/mol. The van der Waals surface area contributed by atoms with E-state index >= 15 is 0 Å². The smallest absolute Gasteiger partial charge is 0.200 e. The number of hydrogen-bond acceptors (Lipinski definition) is 4. The first-order valence-electron chi connectivity index (χ1n) is 9.41. The van der Waals surface area contributed by atoms with Crippen molar-refractivity contribution in [3.05, 3.63) is 104 Å². The minimum absolute atomic E-state index is 0.133. The molecule has 6 heteroatoms. The molecule has 0 radical (unpaired) electrons. The number of ether oxygens (including phenoxy) is 1. The van der Waals surface area contributed by atoms with Gasteiger partial charge >= 0.3 is 0 Å². The van der Waals surface area contributed by atoms with Gasteiger partial charge in [0, 0.05) is 17.1 Å². The summed E-state index contributed by atoms with van der Waals surface area (Å²) in [5.74, 6) is 0.385. The van der Waals surface area contributed by atoms with Gasteiger partial charge in [0.2, 0.25) is 5.43 Å². The quantitative estimate of drug-likeness (QED) is 0.317. The summed E-state index contributed by atoms with van der Waals surface area (Å²) in [6.45, 7) is 2.30. The van der Waals surface area contributed by atoms with Crippen LogP contribution in [0.15, 0.2) is 76.3 Å². The van der Waals surface area contributed by atoms with Crippen LogP contribution in [-0.2, 0) is 6.54 Å². The Kier molecular flexibility index (Phi) is 5.50. The standard InChI is InChI=1S/C24H19BrN2O3/c1-15-12-16(10-11-21(15)30-2)23(28)19-14-27(13-17-6-5-9-22(25)26-17)20-8-4-3-7-18(20)24(19)29/h3-12,14H,13H2,1-2H3. The highest BCUT2D eigenvalue weighted by atomic mass is 79.9. The maximum atomic E-state index is 13.2. The molecule has 4 rings (SSSR count). The number of aryl methyl sites for hydroxylation is 1. The third kappa shape index (κ3) is 3.78. The lowest BCUT2D eigenvalue weighted by Gasteiger charge is -2.13. The van der Waals surface area contributed by atoms with E-state index < -0.39 is 0 Å². The molecule has 5 nitrogen and oxygen atoms in total. The Morgan fingerprint density at radius 2 is 1.90 bits per heavy atom. The highest BCUT2D eigenvalue weighted by Crippen LogP contribution is 2.21. The fourth-order valence-electron chi connectivity index (χ4n) is 3.53. The van der Waals surface area contributed by atoms with E-state index in [1.54, 1.807) is 43.6 Å². The molecule has 0 unspecified atom stereocenters. The van der Waals surface area contributed by atoms with Crippen LogP contribution >= 0.6 is 15.9 Å². The largest absolute Gasteiger partial charge is 0.496 e. The number of aromatic nitrogens is 2. The summed E-state index contributed by atoms with van der Waals surface area (Å²) in [5.41, 5.74) is 2.72. The van der Waals surface area contributed by atoms with Crippen LogP contribution in [-0.4, -0.2) is 22.4 Å². The fourth-order valence-corrected chi connectivity index (χ4v) is 3.91. The summed E-state index contributed by atoms with van der Waals surface area (Å²) >= 11 is 3.39. The van der Waals surface area contributed by atoms with Crippen molar-refractivity contribution < 1.29 is 9.53 Å². The third-order valence-corrected chi connectivity index (χ3v) is 5.44. The lowest BCUT2D eigenvalue weighted by Crippen LogP contribution is -2.20. The molecule has 0 fully saturated rings. The Morgan fingerprint density at radius 3 is 2.63 bits per heavy atom. The Balaban J connectivity index is 1.86. The van der Waals surface area contributed by atoms with E-state index in [0.717, 1.165) is 21.4 Å². The van der Waals surface area contributed by atoms with Crippen LogP contribution in [0.3, 0.4) is 0 Å². The number of hydrogen-bond donors (Lipinski definition) is 0. The van der Waals surface area contributed by atoms with Crippen molar-refractivity contribution in [1.82, 2.24) is 9.55 Å². The number of benzene rings is 2. The molecule has 150 valence electrons. The first kappa shape index (κ1) is 20.0. The zero-order valence-electron chi connectivity index (χ0n) is 16.6. The number of nitrogens with zero attached hydrogens (tertiary/aromatic N) is 2. The predicted octanol–water partition coefficient (Wildman–Crippen LogP) is 4.76. The second-order valence-corrected chi connectivity index (χ2v) is 7.79. The van der Waals surface area contributed by atoms with Crippen LogP contribution < -0.4 is 10.2 Å². The fraction of sp³-hybridized carbons (Fsp3) is 0.125. The number of methoxy groups -OCH3 is 1. The van der Waals surface area contributed by atoms with Gasteiger partial charge in [0.25, 0.3) is 0 Å². The number of carbonyl (C=O) groups is 1. The first-order valence-corrected chi connectivity index (χ1v) is 10.2. The van der Waals surface area contributed by atoms with Crippen LogP contribution in [0.4, 0.5) is 0 Å². The average Bonchev–Trinajstić information content (AvgIpc) is 2.75. The van der Waals surface area contributed by atoms with Crippen LogP contribution in [0, 0.1) is 6.92 Å². The minimum atomic E-state index is -0.313. The number of pyridine rings is 2. The van der Waals surface area contributed by atoms with E-state index in [-0.39, 0.29) is 16.8 Å². The number of para-hydroxylation sites is 1. The lowest BCUT2D eigenvalue weighted by molar-refractivity contribution is 0.103. The van der Waals surface area contributed by atoms with Gasteiger partial charge in [0.15, 0.2) is 5.78 Å². The third-order valence-electron chi connectivity index (χ3n) is 4.99. The Hall–Kier alpha value is -3.25. The SMILES string of the molecule is COc1ccc(C(=O)c2cn(Cc3cccc(Br)n3)c3ccccc3c2=O)cc1C. The van der Waals surface area contributed by atoms with Crippen molar-refractivity contribution in [2.24, 2.45) is 0 Å². The molecule has 2 aromatic carbocycles. The van der Waals surface area contributed by atoms with Crippen LogP contribution in [0.2, 0.25) is 0 Å². The number of ketones is 1. The average molecular weight is 463 g/mol. The molecule has 2 heterocycles. The van der Waals surface area contributed by atoms with E-state index in [2.05, 4.69) is 20.9 Å². The molecular formula is C24H19BrN2O3. The van der Waals surface area contributed by atoms with E-state index in [9.17, 15) is 9.59 Å². The van der Waals surface area contributed by atoms with E-state index in [4.69, 9.17) is 4.74 Å². The number of halogens is 1. The highest BCUT2D eigenvalue weighted by molar-refractivity contribution is 9.10. The Bertz CT molecular complexity index is 1330. The highest BCUT2D eigenvalue weighted by Gasteiger charge is 2.18. The summed E-state index contributed by atoms with van der Waals surface area (Å²) in [7, 11) is 1.59. The number of fused-ring (bicyclic) bond motifs is 1. The van der Waals surface area contributed by atoms with Gasteiger partial charge in [-0.15, -0.1) is 0 Å². The van der Waals surface area contributed by atoms with Crippen LogP contribution in [0.25, 0.3) is 10.9 Å². The van der Waals surface area contributed by atoms with E-state index in [0.29, 0.717) is 23.2 Å². The zero-order valence-corrected chi connectivity index (χ0v) is 18.1. The molecule has 0 spiro atoms. The van der Waals surface area contributed by atoms with Gasteiger partial charge in [-0.2, -0.15) is 0 Å². The van der Waals surface area contributed by atoms with E-state index in [1.807, 2.05) is 41.8 Å². The molecular weight excluding hydrogens is 444 g/mol. The lowest BCUT2D eigenvalue weighted by atomic mass is 10.0. The van der Waals surface area contributed by atoms with Crippen molar-refractivity contribution in [3.8, 4) is 5.75 Å². The second kappa shape index (κ2) is 8.24. The summed E-state index contributed by atoms with van der Waals surface area (Å²) in [5, 5.41) is 0.503. The summed E-state index contributed by atoms with van der Waals surface area (Å²) in [6.07, 6.45) is 1.63. The van der Waals surface area contributed by atoms with Gasteiger partial charge in [0.05, 0.1) is 30.4 Å². The first-order chi connectivity index (χ1) is 14.5. The number of carbonyl (C=O) groups excluding carboxylic acids is 1. The van der Waals surface area contributed by atoms with Crippen molar-refractivity contribution in [2.75, 3.05) is 7.11 Å². The molecule has 2 aromatic heterocycles. The topological polar surface area (TPSA) is 61.2 Å². The molecule has 0 aliphatic rings. The normalized spacial score (nSPS) is 10.9. The molecule has 0 aliphatic heterocycles. The Labute approximate surface area is 182 Å². The maximum Gasteiger partial charge on any atom is 0.200 e. The molecule has 0 N–H and O–H groups in total. The molecule has 0 saturated heterocycles. The number of rotatable bonds is 5. The van der Waals surface area contributed by atoms with Crippen molar-refractivity contribution in [2.45, 2.75) is 13.5 Å². The second-order valence-electron chi connectivity index (χ2n) is 6.98. The van der Waals surface area contributed by atoms with Crippen molar-refractivity contribution in [1.29, 1.82) is 0 Å². The van der Waals surface area contributed by atoms with Crippen LogP contribution in [0.1, 0.15) is 27.2 Å². The van der Waals surface area contributed by atoms with Gasteiger partial charge in [-0.25, -0.2) is 4.98 Å². The summed E-state index contributed by atoms with van der Waals surface area (Å²) < 4.78 is 7.90. The maximum absolute atomic E-state index is 13.2. The zero-order chi connectivity index (χ0) is 21.3. The molecule has 4 aromatic rings. The van der Waals surface area contributed by atoms with Gasteiger partial charge in [-0.1, -0.05) is 18.2 Å². The van der Waals surface area contributed by atoms with E-state index in [1.165, 1.54) is 0 Å². The minimum Gasteiger partial charge on any atom is -0.496 e. The molecule has 0 atom stereocenters. The molecule has 0 amide bonds. The molecule has 0 aliphatic carbocycles. The Morgan fingerprint density at radius 1 is 1.10 bits per heavy atom. The summed E-state index contributed by atoms with van der Waals surface area (Å²) in [4.78, 5) is 30.9.